The Balaban J connectivity index is 2.36. The number of aromatic nitrogens is 4. The van der Waals surface area contributed by atoms with Crippen molar-refractivity contribution in [1.82, 2.24) is 19.5 Å². The number of hydrogen-bond donors (Lipinski definition) is 0. The van der Waals surface area contributed by atoms with E-state index in [-0.39, 0.29) is 11.0 Å². The lowest BCUT2D eigenvalue weighted by atomic mass is 10.3. The van der Waals surface area contributed by atoms with E-state index in [0.717, 1.165) is 0 Å². The number of benzene rings is 1. The molecule has 2 aromatic heterocycles. The third-order valence-corrected chi connectivity index (χ3v) is 2.68. The average molecular weight is 249 g/mol. The van der Waals surface area contributed by atoms with Gasteiger partial charge in [0.2, 0.25) is 0 Å². The molecule has 0 amide bonds. The van der Waals surface area contributed by atoms with E-state index < -0.39 is 0 Å². The van der Waals surface area contributed by atoms with Gasteiger partial charge in [0.05, 0.1) is 5.69 Å². The molecule has 0 unspecified atom stereocenters. The summed E-state index contributed by atoms with van der Waals surface area (Å²) in [5.74, 6) is -0.355. The fraction of sp³-hybridized carbons (Fsp3) is 0. The average Bonchev–Trinajstić information content (AvgIpc) is 2.75. The van der Waals surface area contributed by atoms with Crippen LogP contribution in [0.4, 0.5) is 4.39 Å². The van der Waals surface area contributed by atoms with E-state index in [2.05, 4.69) is 15.0 Å². The van der Waals surface area contributed by atoms with Crippen molar-refractivity contribution in [2.75, 3.05) is 0 Å². The first kappa shape index (κ1) is 10.2. The number of para-hydroxylation sites is 1. The summed E-state index contributed by atoms with van der Waals surface area (Å²) in [4.78, 5) is 11.9. The van der Waals surface area contributed by atoms with Gasteiger partial charge in [-0.1, -0.05) is 23.7 Å². The first-order valence-electron chi connectivity index (χ1n) is 4.86. The van der Waals surface area contributed by atoms with Crippen molar-refractivity contribution in [3.05, 3.63) is 47.9 Å². The Morgan fingerprint density at radius 2 is 1.94 bits per heavy atom. The van der Waals surface area contributed by atoms with Crippen molar-refractivity contribution in [2.45, 2.75) is 0 Å². The summed E-state index contributed by atoms with van der Waals surface area (Å²) in [5, 5.41) is 0.246. The first-order valence-corrected chi connectivity index (χ1v) is 5.23. The Labute approximate surface area is 101 Å². The van der Waals surface area contributed by atoms with E-state index in [0.29, 0.717) is 16.9 Å². The lowest BCUT2D eigenvalue weighted by Crippen LogP contribution is -1.96. The molecule has 0 aliphatic heterocycles. The minimum atomic E-state index is -0.355. The number of fused-ring (bicyclic) bond motifs is 1. The Morgan fingerprint density at radius 3 is 2.76 bits per heavy atom. The van der Waals surface area contributed by atoms with Crippen LogP contribution in [0.15, 0.2) is 36.9 Å². The maximum Gasteiger partial charge on any atom is 0.182 e. The summed E-state index contributed by atoms with van der Waals surface area (Å²) in [6, 6.07) is 6.37. The number of imidazole rings is 1. The standard InChI is InChI=1S/C11H6ClFN4/c12-10-9-11(15-5-14-10)16-6-17(9)8-4-2-1-3-7(8)13/h1-6H. The zero-order chi connectivity index (χ0) is 11.8. The fourth-order valence-corrected chi connectivity index (χ4v) is 1.87. The normalized spacial score (nSPS) is 10.9. The van der Waals surface area contributed by atoms with E-state index in [1.807, 2.05) is 0 Å². The van der Waals surface area contributed by atoms with E-state index in [9.17, 15) is 4.39 Å². The summed E-state index contributed by atoms with van der Waals surface area (Å²) >= 11 is 5.97. The molecule has 6 heteroatoms. The van der Waals surface area contributed by atoms with Gasteiger partial charge in [0.1, 0.15) is 24.0 Å². The molecule has 0 saturated carbocycles. The van der Waals surface area contributed by atoms with Crippen LogP contribution < -0.4 is 0 Å². The van der Waals surface area contributed by atoms with Gasteiger partial charge in [-0.25, -0.2) is 19.3 Å². The maximum atomic E-state index is 13.7. The van der Waals surface area contributed by atoms with Crippen LogP contribution >= 0.6 is 11.6 Å². The quantitative estimate of drug-likeness (QED) is 0.622. The third-order valence-electron chi connectivity index (χ3n) is 2.41. The first-order chi connectivity index (χ1) is 8.27. The summed E-state index contributed by atoms with van der Waals surface area (Å²) < 4.78 is 15.2. The van der Waals surface area contributed by atoms with Crippen LogP contribution in [0.25, 0.3) is 16.9 Å². The van der Waals surface area contributed by atoms with Gasteiger partial charge in [0, 0.05) is 0 Å². The van der Waals surface area contributed by atoms with Gasteiger partial charge >= 0.3 is 0 Å². The second-order valence-electron chi connectivity index (χ2n) is 3.40. The highest BCUT2D eigenvalue weighted by Gasteiger charge is 2.12. The molecule has 1 aromatic carbocycles. The van der Waals surface area contributed by atoms with E-state index in [4.69, 9.17) is 11.6 Å². The molecule has 3 rings (SSSR count). The van der Waals surface area contributed by atoms with Crippen LogP contribution in [0, 0.1) is 5.82 Å². The molecule has 2 heterocycles. The topological polar surface area (TPSA) is 43.6 Å². The van der Waals surface area contributed by atoms with Crippen molar-refractivity contribution < 1.29 is 4.39 Å². The molecule has 4 nitrogen and oxygen atoms in total. The van der Waals surface area contributed by atoms with Crippen molar-refractivity contribution in [1.29, 1.82) is 0 Å². The lowest BCUT2D eigenvalue weighted by molar-refractivity contribution is 0.619. The second-order valence-corrected chi connectivity index (χ2v) is 3.76. The van der Waals surface area contributed by atoms with Gasteiger partial charge in [-0.2, -0.15) is 0 Å². The molecule has 3 aromatic rings. The largest absolute Gasteiger partial charge is 0.292 e. The summed E-state index contributed by atoms with van der Waals surface area (Å²) in [5.41, 5.74) is 1.30. The summed E-state index contributed by atoms with van der Waals surface area (Å²) in [6.07, 6.45) is 2.80. The highest BCUT2D eigenvalue weighted by Crippen LogP contribution is 2.23. The lowest BCUT2D eigenvalue weighted by Gasteiger charge is -2.05. The van der Waals surface area contributed by atoms with Gasteiger partial charge < -0.3 is 0 Å². The predicted molar refractivity (Wildman–Crippen MR) is 61.6 cm³/mol. The molecule has 0 aliphatic rings. The van der Waals surface area contributed by atoms with E-state index in [1.165, 1.54) is 23.3 Å². The van der Waals surface area contributed by atoms with Crippen molar-refractivity contribution in [3.8, 4) is 5.69 Å². The molecular formula is C11H6ClFN4. The van der Waals surface area contributed by atoms with Crippen molar-refractivity contribution in [2.24, 2.45) is 0 Å². The number of nitrogens with zero attached hydrogens (tertiary/aromatic N) is 4. The molecule has 0 saturated heterocycles. The van der Waals surface area contributed by atoms with Gasteiger partial charge in [-0.3, -0.25) is 4.57 Å². The molecule has 0 aliphatic carbocycles. The molecule has 0 spiro atoms. The molecule has 84 valence electrons. The van der Waals surface area contributed by atoms with Crippen LogP contribution in [-0.2, 0) is 0 Å². The van der Waals surface area contributed by atoms with Gasteiger partial charge in [-0.05, 0) is 12.1 Å². The van der Waals surface area contributed by atoms with Crippen LogP contribution in [0.1, 0.15) is 0 Å². The third kappa shape index (κ3) is 1.55. The summed E-state index contributed by atoms with van der Waals surface area (Å²) in [7, 11) is 0. The van der Waals surface area contributed by atoms with Crippen LogP contribution in [0.3, 0.4) is 0 Å². The second kappa shape index (κ2) is 3.78. The molecular weight excluding hydrogens is 243 g/mol. The minimum absolute atomic E-state index is 0.246. The Hall–Kier alpha value is -2.01. The van der Waals surface area contributed by atoms with Crippen molar-refractivity contribution >= 4 is 22.8 Å². The Kier molecular flexibility index (Phi) is 2.26. The summed E-state index contributed by atoms with van der Waals surface area (Å²) in [6.45, 7) is 0. The maximum absolute atomic E-state index is 13.7. The van der Waals surface area contributed by atoms with Gasteiger partial charge in [0.25, 0.3) is 0 Å². The highest BCUT2D eigenvalue weighted by atomic mass is 35.5. The number of halogens is 2. The molecule has 17 heavy (non-hydrogen) atoms. The zero-order valence-electron chi connectivity index (χ0n) is 8.51. The van der Waals surface area contributed by atoms with E-state index in [1.54, 1.807) is 18.2 Å². The molecule has 0 N–H and O–H groups in total. The Morgan fingerprint density at radius 1 is 1.12 bits per heavy atom. The highest BCUT2D eigenvalue weighted by molar-refractivity contribution is 6.33. The fourth-order valence-electron chi connectivity index (χ4n) is 1.65. The van der Waals surface area contributed by atoms with Crippen LogP contribution in [-0.4, -0.2) is 19.5 Å². The molecule has 0 fully saturated rings. The van der Waals surface area contributed by atoms with E-state index >= 15 is 0 Å². The molecule has 0 bridgehead atoms. The van der Waals surface area contributed by atoms with Gasteiger partial charge in [-0.15, -0.1) is 0 Å². The number of hydrogen-bond acceptors (Lipinski definition) is 3. The van der Waals surface area contributed by atoms with Gasteiger partial charge in [0.15, 0.2) is 10.8 Å². The molecule has 0 atom stereocenters. The monoisotopic (exact) mass is 248 g/mol. The number of rotatable bonds is 1. The Bertz CT molecular complexity index is 695. The van der Waals surface area contributed by atoms with Crippen LogP contribution in [0.5, 0.6) is 0 Å². The zero-order valence-corrected chi connectivity index (χ0v) is 9.26. The van der Waals surface area contributed by atoms with Crippen molar-refractivity contribution in [3.63, 3.8) is 0 Å². The molecule has 0 radical (unpaired) electrons. The smallest absolute Gasteiger partial charge is 0.182 e. The minimum Gasteiger partial charge on any atom is -0.292 e. The predicted octanol–water partition coefficient (Wildman–Crippen LogP) is 2.61. The van der Waals surface area contributed by atoms with Crippen LogP contribution in [0.2, 0.25) is 5.15 Å². The SMILES string of the molecule is Fc1ccccc1-n1cnc2ncnc(Cl)c21.